The molecule has 1 N–H and O–H groups in total. The first-order valence-corrected chi connectivity index (χ1v) is 5.67. The van der Waals surface area contributed by atoms with Gasteiger partial charge in [0.05, 0.1) is 5.92 Å². The lowest BCUT2D eigenvalue weighted by molar-refractivity contribution is -0.141. The molecule has 0 fully saturated rings. The van der Waals surface area contributed by atoms with E-state index in [4.69, 9.17) is 5.11 Å². The molecule has 0 aliphatic heterocycles. The van der Waals surface area contributed by atoms with E-state index in [1.807, 2.05) is 25.2 Å². The van der Waals surface area contributed by atoms with Gasteiger partial charge in [0.1, 0.15) is 0 Å². The van der Waals surface area contributed by atoms with Crippen LogP contribution in [0.5, 0.6) is 0 Å². The van der Waals surface area contributed by atoms with E-state index >= 15 is 0 Å². The number of aryl methyl sites for hydroxylation is 1. The van der Waals surface area contributed by atoms with Gasteiger partial charge in [-0.3, -0.25) is 4.79 Å². The quantitative estimate of drug-likeness (QED) is 0.835. The van der Waals surface area contributed by atoms with E-state index in [2.05, 4.69) is 4.98 Å². The van der Waals surface area contributed by atoms with Gasteiger partial charge in [0.2, 0.25) is 0 Å². The van der Waals surface area contributed by atoms with Crippen molar-refractivity contribution in [3.63, 3.8) is 0 Å². The van der Waals surface area contributed by atoms with Crippen molar-refractivity contribution in [2.24, 2.45) is 5.92 Å². The molecule has 1 unspecified atom stereocenters. The number of thiazole rings is 1. The highest BCUT2D eigenvalue weighted by molar-refractivity contribution is 7.15. The van der Waals surface area contributed by atoms with Crippen molar-refractivity contribution in [1.82, 2.24) is 4.98 Å². The Balaban J connectivity index is 2.47. The highest BCUT2D eigenvalue weighted by atomic mass is 32.1. The predicted octanol–water partition coefficient (Wildman–Crippen LogP) is 1.86. The second kappa shape index (κ2) is 5.11. The highest BCUT2D eigenvalue weighted by Gasteiger charge is 2.11. The minimum absolute atomic E-state index is 0.282. The summed E-state index contributed by atoms with van der Waals surface area (Å²) in [6.45, 7) is 1.73. The Morgan fingerprint density at radius 2 is 2.33 bits per heavy atom. The number of rotatable bonds is 5. The van der Waals surface area contributed by atoms with Crippen LogP contribution in [0.2, 0.25) is 0 Å². The number of carbonyl (C=O) groups is 1. The SMILES string of the molecule is CC(CCc1cnc(N(C)C)s1)C(=O)O. The second-order valence-corrected chi connectivity index (χ2v) is 4.88. The van der Waals surface area contributed by atoms with Gasteiger partial charge in [0.25, 0.3) is 0 Å². The number of aliphatic carboxylic acids is 1. The van der Waals surface area contributed by atoms with Gasteiger partial charge >= 0.3 is 5.97 Å². The van der Waals surface area contributed by atoms with Crippen LogP contribution in [0.4, 0.5) is 5.13 Å². The van der Waals surface area contributed by atoms with Crippen LogP contribution in [0, 0.1) is 5.92 Å². The first kappa shape index (κ1) is 12.0. The molecule has 0 saturated heterocycles. The molecular weight excluding hydrogens is 212 g/mol. The zero-order valence-corrected chi connectivity index (χ0v) is 10.0. The monoisotopic (exact) mass is 228 g/mol. The summed E-state index contributed by atoms with van der Waals surface area (Å²) in [5, 5.41) is 9.70. The second-order valence-electron chi connectivity index (χ2n) is 3.78. The molecular formula is C10H16N2O2S. The van der Waals surface area contributed by atoms with E-state index in [9.17, 15) is 4.79 Å². The van der Waals surface area contributed by atoms with E-state index in [-0.39, 0.29) is 5.92 Å². The van der Waals surface area contributed by atoms with Gasteiger partial charge in [-0.2, -0.15) is 0 Å². The smallest absolute Gasteiger partial charge is 0.306 e. The van der Waals surface area contributed by atoms with Crippen LogP contribution in [0.3, 0.4) is 0 Å². The fraction of sp³-hybridized carbons (Fsp3) is 0.600. The van der Waals surface area contributed by atoms with Gasteiger partial charge in [-0.1, -0.05) is 6.92 Å². The summed E-state index contributed by atoms with van der Waals surface area (Å²) in [6.07, 6.45) is 3.29. The number of carboxylic acids is 1. The van der Waals surface area contributed by atoms with Gasteiger partial charge < -0.3 is 10.0 Å². The third-order valence-electron chi connectivity index (χ3n) is 2.17. The molecule has 0 saturated carbocycles. The Kier molecular flexibility index (Phi) is 4.08. The number of carboxylic acid groups (broad SMARTS) is 1. The van der Waals surface area contributed by atoms with Gasteiger partial charge in [-0.25, -0.2) is 4.98 Å². The van der Waals surface area contributed by atoms with Crippen molar-refractivity contribution in [2.45, 2.75) is 19.8 Å². The number of nitrogens with zero attached hydrogens (tertiary/aromatic N) is 2. The maximum absolute atomic E-state index is 10.6. The zero-order chi connectivity index (χ0) is 11.4. The normalized spacial score (nSPS) is 12.5. The summed E-state index contributed by atoms with van der Waals surface area (Å²) in [5.74, 6) is -1.01. The van der Waals surface area contributed by atoms with Crippen LogP contribution in [0.15, 0.2) is 6.20 Å². The molecule has 15 heavy (non-hydrogen) atoms. The molecule has 0 aliphatic rings. The minimum Gasteiger partial charge on any atom is -0.481 e. The molecule has 84 valence electrons. The molecule has 4 nitrogen and oxygen atoms in total. The fourth-order valence-electron chi connectivity index (χ4n) is 1.10. The molecule has 5 heteroatoms. The molecule has 0 radical (unpaired) electrons. The summed E-state index contributed by atoms with van der Waals surface area (Å²) in [7, 11) is 3.89. The Morgan fingerprint density at radius 1 is 1.67 bits per heavy atom. The number of anilines is 1. The third-order valence-corrected chi connectivity index (χ3v) is 3.39. The summed E-state index contributed by atoms with van der Waals surface area (Å²) in [6, 6.07) is 0. The number of hydrogen-bond donors (Lipinski definition) is 1. The van der Waals surface area contributed by atoms with E-state index in [0.717, 1.165) is 16.4 Å². The summed E-state index contributed by atoms with van der Waals surface area (Å²) in [4.78, 5) is 17.9. The van der Waals surface area contributed by atoms with E-state index in [0.29, 0.717) is 6.42 Å². The van der Waals surface area contributed by atoms with Crippen LogP contribution in [0.25, 0.3) is 0 Å². The van der Waals surface area contributed by atoms with Crippen LogP contribution in [0.1, 0.15) is 18.2 Å². The van der Waals surface area contributed by atoms with E-state index in [1.54, 1.807) is 18.3 Å². The minimum atomic E-state index is -0.729. The fourth-order valence-corrected chi connectivity index (χ4v) is 1.95. The molecule has 0 bridgehead atoms. The van der Waals surface area contributed by atoms with Crippen molar-refractivity contribution in [1.29, 1.82) is 0 Å². The molecule has 0 amide bonds. The number of aromatic nitrogens is 1. The predicted molar refractivity (Wildman–Crippen MR) is 61.6 cm³/mol. The molecule has 1 aromatic rings. The average molecular weight is 228 g/mol. The largest absolute Gasteiger partial charge is 0.481 e. The van der Waals surface area contributed by atoms with Gasteiger partial charge in [-0.05, 0) is 12.8 Å². The highest BCUT2D eigenvalue weighted by Crippen LogP contribution is 2.22. The Hall–Kier alpha value is -1.10. The van der Waals surface area contributed by atoms with Gasteiger partial charge in [0.15, 0.2) is 5.13 Å². The molecule has 1 atom stereocenters. The molecule has 0 spiro atoms. The first-order chi connectivity index (χ1) is 7.00. The molecule has 1 rings (SSSR count). The van der Waals surface area contributed by atoms with Crippen molar-refractivity contribution in [3.05, 3.63) is 11.1 Å². The van der Waals surface area contributed by atoms with Crippen molar-refractivity contribution >= 4 is 22.4 Å². The lowest BCUT2D eigenvalue weighted by atomic mass is 10.1. The molecule has 0 aliphatic carbocycles. The standard InChI is InChI=1S/C10H16N2O2S/c1-7(9(13)14)4-5-8-6-11-10(15-8)12(2)3/h6-7H,4-5H2,1-3H3,(H,13,14). The topological polar surface area (TPSA) is 53.4 Å². The van der Waals surface area contributed by atoms with Gasteiger partial charge in [0, 0.05) is 25.2 Å². The van der Waals surface area contributed by atoms with Crippen molar-refractivity contribution in [3.8, 4) is 0 Å². The van der Waals surface area contributed by atoms with Crippen LogP contribution >= 0.6 is 11.3 Å². The Bertz CT molecular complexity index is 336. The lowest BCUT2D eigenvalue weighted by Gasteiger charge is -2.05. The molecule has 0 aromatic carbocycles. The van der Waals surface area contributed by atoms with Crippen LogP contribution < -0.4 is 4.90 Å². The van der Waals surface area contributed by atoms with Gasteiger partial charge in [-0.15, -0.1) is 11.3 Å². The Labute approximate surface area is 93.6 Å². The summed E-state index contributed by atoms with van der Waals surface area (Å²) in [5.41, 5.74) is 0. The maximum Gasteiger partial charge on any atom is 0.306 e. The zero-order valence-electron chi connectivity index (χ0n) is 9.23. The van der Waals surface area contributed by atoms with Crippen LogP contribution in [-0.2, 0) is 11.2 Å². The maximum atomic E-state index is 10.6. The summed E-state index contributed by atoms with van der Waals surface area (Å²) < 4.78 is 0. The average Bonchev–Trinajstić information content (AvgIpc) is 2.62. The third kappa shape index (κ3) is 3.51. The van der Waals surface area contributed by atoms with Crippen molar-refractivity contribution < 1.29 is 9.90 Å². The lowest BCUT2D eigenvalue weighted by Crippen LogP contribution is -2.09. The van der Waals surface area contributed by atoms with Crippen molar-refractivity contribution in [2.75, 3.05) is 19.0 Å². The molecule has 1 aromatic heterocycles. The molecule has 1 heterocycles. The number of hydrogen-bond acceptors (Lipinski definition) is 4. The van der Waals surface area contributed by atoms with Crippen LogP contribution in [-0.4, -0.2) is 30.2 Å². The van der Waals surface area contributed by atoms with E-state index in [1.165, 1.54) is 0 Å². The summed E-state index contributed by atoms with van der Waals surface area (Å²) >= 11 is 1.62. The first-order valence-electron chi connectivity index (χ1n) is 4.85. The van der Waals surface area contributed by atoms with E-state index < -0.39 is 5.97 Å². The Morgan fingerprint density at radius 3 is 2.80 bits per heavy atom.